The van der Waals surface area contributed by atoms with Crippen LogP contribution in [0.25, 0.3) is 86.2 Å². The largest absolute Gasteiger partial charge is 0.0572 e. The summed E-state index contributed by atoms with van der Waals surface area (Å²) in [6.07, 6.45) is 0. The molecule has 0 saturated heterocycles. The Morgan fingerprint density at radius 3 is 0.512 bits per heavy atom. The molecule has 0 aliphatic carbocycles. The summed E-state index contributed by atoms with van der Waals surface area (Å²) in [6, 6.07) is 29.9. The van der Waals surface area contributed by atoms with E-state index in [0.717, 1.165) is 0 Å². The van der Waals surface area contributed by atoms with Gasteiger partial charge in [-0.2, -0.15) is 0 Å². The van der Waals surface area contributed by atoms with Gasteiger partial charge < -0.3 is 0 Å². The quantitative estimate of drug-likeness (QED) is 0.105. The third kappa shape index (κ3) is 9.91. The maximum absolute atomic E-state index is 2.59. The highest BCUT2D eigenvalue weighted by Gasteiger charge is 2.36. The predicted octanol–water partition coefficient (Wildman–Crippen LogP) is 25.1. The van der Waals surface area contributed by atoms with Gasteiger partial charge in [0.15, 0.2) is 0 Å². The first-order chi connectivity index (χ1) is 36.9. The zero-order valence-corrected chi connectivity index (χ0v) is 57.9. The van der Waals surface area contributed by atoms with Gasteiger partial charge in [0.05, 0.1) is 0 Å². The van der Waals surface area contributed by atoms with Crippen molar-refractivity contribution in [3.8, 4) is 0 Å². The average molecular weight is 1090 g/mol. The molecule has 10 aromatic rings. The lowest BCUT2D eigenvalue weighted by Gasteiger charge is -2.35. The van der Waals surface area contributed by atoms with E-state index in [1.54, 1.807) is 0 Å². The van der Waals surface area contributed by atoms with Crippen molar-refractivity contribution in [1.29, 1.82) is 0 Å². The number of benzene rings is 10. The molecule has 0 radical (unpaired) electrons. The Kier molecular flexibility index (Phi) is 14.0. The minimum Gasteiger partial charge on any atom is -0.0572 e. The first kappa shape index (κ1) is 61.4. The zero-order valence-electron chi connectivity index (χ0n) is 57.9. The van der Waals surface area contributed by atoms with Crippen molar-refractivity contribution in [2.24, 2.45) is 0 Å². The molecule has 436 valence electrons. The van der Waals surface area contributed by atoms with E-state index in [1.807, 2.05) is 0 Å². The summed E-state index contributed by atoms with van der Waals surface area (Å²) in [7, 11) is 0. The standard InChI is InChI=1S/2C41H54/c2*1-23-21-28(39(8,9)10)35-26(37(2,3)4)20-18-25-32-29(40(11,12)13)22-30(41(14,15)16)36-27(38(5,6)7)19-17-24(34(32)36)31(23)33(25)35/h2*17-22H,1-16H3. The van der Waals surface area contributed by atoms with Crippen molar-refractivity contribution in [2.45, 2.75) is 276 Å². The molecule has 0 atom stereocenters. The molecule has 10 rings (SSSR count). The fraction of sp³-hybridized carbons (Fsp3) is 0.512. The van der Waals surface area contributed by atoms with Crippen LogP contribution < -0.4 is 0 Å². The van der Waals surface area contributed by atoms with E-state index in [1.165, 1.54) is 153 Å². The lowest BCUT2D eigenvalue weighted by atomic mass is 9.69. The molecule has 0 unspecified atom stereocenters. The number of rotatable bonds is 0. The molecule has 0 aromatic heterocycles. The van der Waals surface area contributed by atoms with Crippen LogP contribution in [0.1, 0.15) is 274 Å². The van der Waals surface area contributed by atoms with Gasteiger partial charge in [0.25, 0.3) is 0 Å². The van der Waals surface area contributed by atoms with Crippen molar-refractivity contribution in [2.75, 3.05) is 0 Å². The highest BCUT2D eigenvalue weighted by Crippen LogP contribution is 2.55. The molecule has 0 saturated carbocycles. The summed E-state index contributed by atoms with van der Waals surface area (Å²) in [4.78, 5) is 0. The zero-order chi connectivity index (χ0) is 61.7. The van der Waals surface area contributed by atoms with Crippen molar-refractivity contribution in [1.82, 2.24) is 0 Å². The molecular weight excluding hydrogens is 985 g/mol. The van der Waals surface area contributed by atoms with Gasteiger partial charge in [-0.05, 0) is 221 Å². The van der Waals surface area contributed by atoms with Crippen LogP contribution in [-0.4, -0.2) is 0 Å². The van der Waals surface area contributed by atoms with Gasteiger partial charge in [0.1, 0.15) is 0 Å². The Bertz CT molecular complexity index is 3920. The van der Waals surface area contributed by atoms with Crippen molar-refractivity contribution >= 4 is 86.2 Å². The van der Waals surface area contributed by atoms with Crippen LogP contribution in [0.4, 0.5) is 0 Å². The molecule has 0 N–H and O–H groups in total. The Labute approximate surface area is 498 Å². The van der Waals surface area contributed by atoms with Crippen LogP contribution >= 0.6 is 0 Å². The number of fused-ring (bicyclic) bond motifs is 4. The predicted molar refractivity (Wildman–Crippen MR) is 372 cm³/mol. The highest BCUT2D eigenvalue weighted by atomic mass is 14.4. The van der Waals surface area contributed by atoms with Crippen LogP contribution in [0.5, 0.6) is 0 Å². The van der Waals surface area contributed by atoms with E-state index in [9.17, 15) is 0 Å². The Balaban J connectivity index is 0.000000198. The van der Waals surface area contributed by atoms with E-state index in [-0.39, 0.29) is 54.1 Å². The van der Waals surface area contributed by atoms with Crippen LogP contribution in [0.3, 0.4) is 0 Å². The van der Waals surface area contributed by atoms with Crippen molar-refractivity contribution < 1.29 is 0 Å². The summed E-state index contributed by atoms with van der Waals surface area (Å²) in [6.45, 7) is 76.3. The van der Waals surface area contributed by atoms with Crippen LogP contribution in [-0.2, 0) is 54.1 Å². The number of hydrogen-bond acceptors (Lipinski definition) is 0. The van der Waals surface area contributed by atoms with Crippen molar-refractivity contribution in [3.05, 3.63) is 140 Å². The Hall–Kier alpha value is -5.20. The molecule has 0 heterocycles. The van der Waals surface area contributed by atoms with Crippen LogP contribution in [0.15, 0.2) is 72.8 Å². The van der Waals surface area contributed by atoms with E-state index in [4.69, 9.17) is 0 Å². The first-order valence-electron chi connectivity index (χ1n) is 31.5. The lowest BCUT2D eigenvalue weighted by molar-refractivity contribution is 0.569. The summed E-state index contributed by atoms with van der Waals surface area (Å²) < 4.78 is 0. The van der Waals surface area contributed by atoms with E-state index < -0.39 is 0 Å². The van der Waals surface area contributed by atoms with Gasteiger partial charge in [0, 0.05) is 0 Å². The van der Waals surface area contributed by atoms with Gasteiger partial charge >= 0.3 is 0 Å². The molecule has 0 bridgehead atoms. The molecular formula is C82H108. The molecule has 0 fully saturated rings. The minimum absolute atomic E-state index is 0.00172. The topological polar surface area (TPSA) is 0 Å². The van der Waals surface area contributed by atoms with E-state index in [2.05, 4.69) is 294 Å². The van der Waals surface area contributed by atoms with Gasteiger partial charge in [-0.25, -0.2) is 0 Å². The van der Waals surface area contributed by atoms with Gasteiger partial charge in [-0.3, -0.25) is 0 Å². The second-order valence-corrected chi connectivity index (χ2v) is 36.1. The SMILES string of the molecule is Cc1cc(C(C)(C)C)c2c(C(C)(C)C)ccc3c4c(C(C)(C)C)cc(C(C)(C)C)c5c(C(C)(C)C)ccc(c1c23)c54.Cc1cc(C(C)(C)C)c2c(C(C)(C)C)ccc3c4c(C(C)(C)C)cc(C(C)(C)C)c5c(C(C)(C)C)ccc(c1c23)c54. The van der Waals surface area contributed by atoms with E-state index >= 15 is 0 Å². The Morgan fingerprint density at radius 2 is 0.317 bits per heavy atom. The minimum atomic E-state index is 0.00172. The molecule has 0 aliphatic heterocycles. The van der Waals surface area contributed by atoms with Gasteiger partial charge in [-0.15, -0.1) is 0 Å². The maximum atomic E-state index is 2.59. The molecule has 0 heteroatoms. The highest BCUT2D eigenvalue weighted by molar-refractivity contribution is 6.37. The second kappa shape index (κ2) is 18.6. The summed E-state index contributed by atoms with van der Waals surface area (Å²) in [5.74, 6) is 0. The van der Waals surface area contributed by atoms with Crippen LogP contribution in [0, 0.1) is 13.8 Å². The number of aryl methyl sites for hydroxylation is 2. The second-order valence-electron chi connectivity index (χ2n) is 36.1. The molecule has 82 heavy (non-hydrogen) atoms. The molecule has 10 aromatic carbocycles. The fourth-order valence-electron chi connectivity index (χ4n) is 14.7. The molecule has 0 aliphatic rings. The summed E-state index contributed by atoms with van der Waals surface area (Å²) >= 11 is 0. The molecule has 0 spiro atoms. The molecule has 0 amide bonds. The normalized spacial score (nSPS) is 14.3. The van der Waals surface area contributed by atoms with E-state index in [0.29, 0.717) is 0 Å². The third-order valence-corrected chi connectivity index (χ3v) is 18.7. The number of hydrogen-bond donors (Lipinski definition) is 0. The summed E-state index contributed by atoms with van der Waals surface area (Å²) in [5, 5.41) is 23.3. The third-order valence-electron chi connectivity index (χ3n) is 18.7. The summed E-state index contributed by atoms with van der Waals surface area (Å²) in [5.41, 5.74) is 17.7. The molecule has 0 nitrogen and oxygen atoms in total. The monoisotopic (exact) mass is 1090 g/mol. The smallest absolute Gasteiger partial charge is 0.00173 e. The van der Waals surface area contributed by atoms with Crippen molar-refractivity contribution in [3.63, 3.8) is 0 Å². The average Bonchev–Trinajstić information content (AvgIpc) is 1.54. The maximum Gasteiger partial charge on any atom is -0.00173 e. The first-order valence-corrected chi connectivity index (χ1v) is 31.5. The Morgan fingerprint density at radius 1 is 0.159 bits per heavy atom. The van der Waals surface area contributed by atoms with Gasteiger partial charge in [0.2, 0.25) is 0 Å². The van der Waals surface area contributed by atoms with Gasteiger partial charge in [-0.1, -0.05) is 281 Å². The van der Waals surface area contributed by atoms with Crippen LogP contribution in [0.2, 0.25) is 0 Å². The lowest BCUT2D eigenvalue weighted by Crippen LogP contribution is -2.21. The fourth-order valence-corrected chi connectivity index (χ4v) is 14.7.